The number of nitrogens with zero attached hydrogens (tertiary/aromatic N) is 3. The van der Waals surface area contributed by atoms with Gasteiger partial charge in [0.2, 0.25) is 10.0 Å². The second kappa shape index (κ2) is 8.70. The Morgan fingerprint density at radius 3 is 2.81 bits per heavy atom. The number of sulfonamides is 1. The summed E-state index contributed by atoms with van der Waals surface area (Å²) in [5, 5.41) is 1.18. The second-order valence-corrected chi connectivity index (χ2v) is 10.7. The van der Waals surface area contributed by atoms with E-state index in [-0.39, 0.29) is 21.3 Å². The van der Waals surface area contributed by atoms with Crippen LogP contribution in [0.15, 0.2) is 55.0 Å². The number of anilines is 1. The van der Waals surface area contributed by atoms with Crippen LogP contribution >= 0.6 is 20.4 Å². The van der Waals surface area contributed by atoms with E-state index in [1.165, 1.54) is 11.4 Å². The van der Waals surface area contributed by atoms with Gasteiger partial charge in [-0.25, -0.2) is 8.42 Å². The van der Waals surface area contributed by atoms with Crippen molar-refractivity contribution in [1.82, 2.24) is 9.88 Å². The molecule has 0 aliphatic carbocycles. The number of carbonyl (C=O) groups excluding carboxylic acids is 1. The molecule has 2 heterocycles. The van der Waals surface area contributed by atoms with Crippen molar-refractivity contribution in [2.45, 2.75) is 13.1 Å². The molecule has 1 aliphatic heterocycles. The molecule has 1 aliphatic rings. The van der Waals surface area contributed by atoms with Gasteiger partial charge in [-0.05, 0) is 35.6 Å². The number of carbonyl (C=O) groups is 1. The van der Waals surface area contributed by atoms with Crippen LogP contribution in [0.5, 0.6) is 5.75 Å². The molecule has 1 amide bonds. The van der Waals surface area contributed by atoms with Crippen molar-refractivity contribution in [3.05, 3.63) is 76.7 Å². The third kappa shape index (κ3) is 4.06. The van der Waals surface area contributed by atoms with Crippen LogP contribution in [0.4, 0.5) is 5.69 Å². The van der Waals surface area contributed by atoms with E-state index in [4.69, 9.17) is 16.1 Å². The predicted octanol–water partition coefficient (Wildman–Crippen LogP) is 4.56. The largest absolute Gasteiger partial charge is 0.470 e. The molecule has 3 aromatic rings. The number of pyridine rings is 1. The molecule has 0 spiro atoms. The van der Waals surface area contributed by atoms with Crippen molar-refractivity contribution < 1.29 is 17.7 Å². The Balaban J connectivity index is 1.93. The minimum absolute atomic E-state index is 0.0830. The number of rotatable bonds is 7. The van der Waals surface area contributed by atoms with Gasteiger partial charge in [0.1, 0.15) is 5.52 Å². The molecule has 0 N–H and O–H groups in total. The van der Waals surface area contributed by atoms with Crippen molar-refractivity contribution >= 4 is 52.9 Å². The first kappa shape index (κ1) is 22.5. The summed E-state index contributed by atoms with van der Waals surface area (Å²) in [4.78, 5) is 19.6. The topological polar surface area (TPSA) is 79.8 Å². The number of amides is 1. The van der Waals surface area contributed by atoms with E-state index in [2.05, 4.69) is 11.6 Å². The van der Waals surface area contributed by atoms with Crippen molar-refractivity contribution in [2.24, 2.45) is 0 Å². The number of halogens is 1. The molecule has 166 valence electrons. The second-order valence-electron chi connectivity index (χ2n) is 7.38. The summed E-state index contributed by atoms with van der Waals surface area (Å²) >= 11 is 6.11. The number of hydrogen-bond acceptors (Lipinski definition) is 5. The van der Waals surface area contributed by atoms with Crippen LogP contribution in [0.1, 0.15) is 21.5 Å². The molecule has 0 bridgehead atoms. The van der Waals surface area contributed by atoms with Gasteiger partial charge in [-0.2, -0.15) is 0 Å². The van der Waals surface area contributed by atoms with Gasteiger partial charge in [-0.1, -0.05) is 30.3 Å². The molecule has 10 heteroatoms. The summed E-state index contributed by atoms with van der Waals surface area (Å²) in [5.74, 6) is 1.71. The van der Waals surface area contributed by atoms with Gasteiger partial charge in [-0.15, -0.1) is 0 Å². The maximum atomic E-state index is 13.5. The van der Waals surface area contributed by atoms with Gasteiger partial charge >= 0.3 is 0 Å². The van der Waals surface area contributed by atoms with E-state index >= 15 is 0 Å². The summed E-state index contributed by atoms with van der Waals surface area (Å²) < 4.78 is 32.1. The monoisotopic (exact) mass is 489 g/mol. The SMILES string of the molecule is C=CPOc1c2c(c(N(C)S(C)(=O)=O)c3cccnc13)CN(Cc1cccc(Cl)c1)C2=O. The first-order chi connectivity index (χ1) is 15.2. The molecule has 1 atom stereocenters. The average molecular weight is 490 g/mol. The number of benzene rings is 2. The Morgan fingerprint density at radius 1 is 1.34 bits per heavy atom. The van der Waals surface area contributed by atoms with Gasteiger partial charge in [0.05, 0.1) is 26.3 Å². The molecule has 1 aromatic heterocycles. The normalized spacial score (nSPS) is 13.7. The Labute approximate surface area is 193 Å². The Bertz CT molecular complexity index is 1350. The fourth-order valence-electron chi connectivity index (χ4n) is 3.82. The highest BCUT2D eigenvalue weighted by Gasteiger charge is 2.37. The third-order valence-corrected chi connectivity index (χ3v) is 7.16. The molecular weight excluding hydrogens is 469 g/mol. The van der Waals surface area contributed by atoms with Crippen molar-refractivity contribution in [1.29, 1.82) is 0 Å². The first-order valence-corrected chi connectivity index (χ1v) is 12.9. The Hall–Kier alpha value is -2.67. The van der Waals surface area contributed by atoms with Gasteiger partial charge in [-0.3, -0.25) is 14.1 Å². The van der Waals surface area contributed by atoms with Crippen molar-refractivity contribution in [2.75, 3.05) is 17.6 Å². The van der Waals surface area contributed by atoms with Crippen LogP contribution in [0.2, 0.25) is 5.02 Å². The highest BCUT2D eigenvalue weighted by atomic mass is 35.5. The summed E-state index contributed by atoms with van der Waals surface area (Å²) in [5.41, 5.74) is 2.66. The number of hydrogen-bond donors (Lipinski definition) is 0. The quantitative estimate of drug-likeness (QED) is 0.455. The third-order valence-electron chi connectivity index (χ3n) is 5.26. The molecule has 1 unspecified atom stereocenters. The van der Waals surface area contributed by atoms with E-state index in [1.54, 1.807) is 41.2 Å². The minimum atomic E-state index is -3.60. The lowest BCUT2D eigenvalue weighted by molar-refractivity contribution is 0.0765. The molecular formula is C22H21ClN3O4PS. The fourth-order valence-corrected chi connectivity index (χ4v) is 4.98. The summed E-state index contributed by atoms with van der Waals surface area (Å²) in [6.07, 6.45) is 2.72. The van der Waals surface area contributed by atoms with Gasteiger partial charge in [0, 0.05) is 42.3 Å². The molecule has 0 saturated carbocycles. The minimum Gasteiger partial charge on any atom is -0.470 e. The van der Waals surface area contributed by atoms with Crippen LogP contribution in [0, 0.1) is 0 Å². The maximum Gasteiger partial charge on any atom is 0.258 e. The summed E-state index contributed by atoms with van der Waals surface area (Å²) in [6.45, 7) is 4.25. The van der Waals surface area contributed by atoms with Crippen LogP contribution in [0.3, 0.4) is 0 Å². The fraction of sp³-hybridized carbons (Fsp3) is 0.182. The summed E-state index contributed by atoms with van der Waals surface area (Å²) in [7, 11) is -2.20. The summed E-state index contributed by atoms with van der Waals surface area (Å²) in [6, 6.07) is 10.8. The lowest BCUT2D eigenvalue weighted by Crippen LogP contribution is -2.26. The lowest BCUT2D eigenvalue weighted by atomic mass is 10.0. The first-order valence-electron chi connectivity index (χ1n) is 9.66. The van der Waals surface area contributed by atoms with Crippen LogP contribution in [-0.4, -0.2) is 37.5 Å². The molecule has 4 rings (SSSR count). The van der Waals surface area contributed by atoms with Gasteiger partial charge < -0.3 is 9.42 Å². The molecule has 0 radical (unpaired) electrons. The highest BCUT2D eigenvalue weighted by molar-refractivity contribution is 7.92. The highest BCUT2D eigenvalue weighted by Crippen LogP contribution is 2.46. The van der Waals surface area contributed by atoms with E-state index in [9.17, 15) is 13.2 Å². The lowest BCUT2D eigenvalue weighted by Gasteiger charge is -2.23. The molecule has 2 aromatic carbocycles. The van der Waals surface area contributed by atoms with Gasteiger partial charge in [0.25, 0.3) is 5.91 Å². The van der Waals surface area contributed by atoms with Crippen LogP contribution < -0.4 is 8.83 Å². The molecule has 0 saturated heterocycles. The predicted molar refractivity (Wildman–Crippen MR) is 129 cm³/mol. The van der Waals surface area contributed by atoms with Crippen LogP contribution in [-0.2, 0) is 23.1 Å². The zero-order valence-electron chi connectivity index (χ0n) is 17.5. The Kier molecular flexibility index (Phi) is 6.12. The zero-order chi connectivity index (χ0) is 23.0. The van der Waals surface area contributed by atoms with E-state index in [0.717, 1.165) is 11.8 Å². The Morgan fingerprint density at radius 2 is 2.12 bits per heavy atom. The van der Waals surface area contributed by atoms with E-state index in [0.29, 0.717) is 45.0 Å². The zero-order valence-corrected chi connectivity index (χ0v) is 20.1. The smallest absolute Gasteiger partial charge is 0.258 e. The number of fused-ring (bicyclic) bond motifs is 2. The van der Waals surface area contributed by atoms with Crippen molar-refractivity contribution in [3.8, 4) is 5.75 Å². The molecule has 32 heavy (non-hydrogen) atoms. The van der Waals surface area contributed by atoms with Gasteiger partial charge in [0.15, 0.2) is 5.75 Å². The van der Waals surface area contributed by atoms with E-state index in [1.807, 2.05) is 12.1 Å². The molecule has 7 nitrogen and oxygen atoms in total. The molecule has 0 fully saturated rings. The average Bonchev–Trinajstić information content (AvgIpc) is 3.06. The standard InChI is InChI=1S/C22H21ClN3O4PS/c1-4-31-30-21-18-17(13-26(22(18)27)12-14-7-5-8-15(23)11-14)20(25(2)32(3,28)29)16-9-6-10-24-19(16)21/h4-11,31H,1,12-13H2,2-3H3. The van der Waals surface area contributed by atoms with Crippen molar-refractivity contribution in [3.63, 3.8) is 0 Å². The maximum absolute atomic E-state index is 13.5. The van der Waals surface area contributed by atoms with Crippen LogP contribution in [0.25, 0.3) is 10.9 Å². The van der Waals surface area contributed by atoms with E-state index < -0.39 is 10.0 Å². The number of aromatic nitrogens is 1.